The molecule has 3 aromatic carbocycles. The van der Waals surface area contributed by atoms with Crippen molar-refractivity contribution in [2.75, 3.05) is 16.6 Å². The summed E-state index contributed by atoms with van der Waals surface area (Å²) in [6, 6.07) is 18.5. The normalized spacial score (nSPS) is 11.7. The van der Waals surface area contributed by atoms with Crippen LogP contribution in [-0.2, 0) is 20.0 Å². The van der Waals surface area contributed by atoms with Gasteiger partial charge in [0.1, 0.15) is 0 Å². The Kier molecular flexibility index (Phi) is 6.97. The number of rotatable bonds is 8. The zero-order valence-electron chi connectivity index (χ0n) is 17.5. The molecule has 0 aliphatic rings. The monoisotopic (exact) mass is 473 g/mol. The average molecular weight is 474 g/mol. The number of anilines is 2. The van der Waals surface area contributed by atoms with Crippen LogP contribution in [0.5, 0.6) is 0 Å². The first-order chi connectivity index (χ1) is 15.1. The van der Waals surface area contributed by atoms with Crippen LogP contribution in [0.2, 0.25) is 0 Å². The van der Waals surface area contributed by atoms with E-state index in [0.717, 1.165) is 0 Å². The van der Waals surface area contributed by atoms with Gasteiger partial charge < -0.3 is 5.32 Å². The highest BCUT2D eigenvalue weighted by atomic mass is 32.2. The molecular weight excluding hydrogens is 450 g/mol. The Morgan fingerprint density at radius 3 is 2.06 bits per heavy atom. The summed E-state index contributed by atoms with van der Waals surface area (Å²) < 4.78 is 54.8. The first-order valence-corrected chi connectivity index (χ1v) is 12.7. The molecule has 0 saturated carbocycles. The van der Waals surface area contributed by atoms with Crippen LogP contribution in [0.25, 0.3) is 0 Å². The minimum atomic E-state index is -3.87. The van der Waals surface area contributed by atoms with E-state index in [1.807, 2.05) is 0 Å². The molecule has 168 valence electrons. The molecule has 0 fully saturated rings. The van der Waals surface area contributed by atoms with Gasteiger partial charge in [0.05, 0.1) is 21.2 Å². The summed E-state index contributed by atoms with van der Waals surface area (Å²) in [4.78, 5) is 13.0. The van der Waals surface area contributed by atoms with Crippen molar-refractivity contribution >= 4 is 37.3 Å². The highest BCUT2D eigenvalue weighted by Crippen LogP contribution is 2.26. The predicted octanol–water partition coefficient (Wildman–Crippen LogP) is 3.35. The van der Waals surface area contributed by atoms with Crippen molar-refractivity contribution in [2.45, 2.75) is 23.6 Å². The van der Waals surface area contributed by atoms with Gasteiger partial charge in [0, 0.05) is 12.1 Å². The smallest absolute Gasteiger partial charge is 0.261 e. The highest BCUT2D eigenvalue weighted by molar-refractivity contribution is 7.92. The van der Waals surface area contributed by atoms with Gasteiger partial charge in [-0.15, -0.1) is 0 Å². The summed E-state index contributed by atoms with van der Waals surface area (Å²) in [7, 11) is -7.61. The zero-order valence-corrected chi connectivity index (χ0v) is 19.1. The molecule has 0 aliphatic heterocycles. The fourth-order valence-electron chi connectivity index (χ4n) is 2.96. The molecule has 0 aliphatic carbocycles. The predicted molar refractivity (Wildman–Crippen MR) is 124 cm³/mol. The van der Waals surface area contributed by atoms with Gasteiger partial charge in [-0.1, -0.05) is 43.3 Å². The molecule has 32 heavy (non-hydrogen) atoms. The average Bonchev–Trinajstić information content (AvgIpc) is 2.75. The molecule has 10 heteroatoms. The van der Waals surface area contributed by atoms with Crippen molar-refractivity contribution in [1.82, 2.24) is 4.72 Å². The number of hydrogen-bond acceptors (Lipinski definition) is 5. The van der Waals surface area contributed by atoms with Crippen LogP contribution in [0.4, 0.5) is 11.4 Å². The lowest BCUT2D eigenvalue weighted by atomic mass is 10.1. The molecular formula is C22H23N3O5S2. The molecule has 3 N–H and O–H groups in total. The van der Waals surface area contributed by atoms with Crippen LogP contribution in [-0.4, -0.2) is 29.3 Å². The van der Waals surface area contributed by atoms with E-state index in [4.69, 9.17) is 0 Å². The van der Waals surface area contributed by atoms with Crippen LogP contribution < -0.4 is 14.8 Å². The third kappa shape index (κ3) is 5.34. The molecule has 3 aromatic rings. The van der Waals surface area contributed by atoms with E-state index in [1.165, 1.54) is 30.3 Å². The summed E-state index contributed by atoms with van der Waals surface area (Å²) >= 11 is 0. The Morgan fingerprint density at radius 1 is 0.781 bits per heavy atom. The van der Waals surface area contributed by atoms with Gasteiger partial charge in [0.25, 0.3) is 15.9 Å². The third-order valence-electron chi connectivity index (χ3n) is 4.57. The van der Waals surface area contributed by atoms with E-state index in [1.54, 1.807) is 56.3 Å². The zero-order chi connectivity index (χ0) is 23.4. The van der Waals surface area contributed by atoms with Crippen molar-refractivity contribution in [3.63, 3.8) is 0 Å². The molecule has 0 saturated heterocycles. The number of hydrogen-bond donors (Lipinski definition) is 3. The minimum absolute atomic E-state index is 0.0341. The standard InChI is InChI=1S/C22H23N3O5S2/c1-3-23-31(27,28)18-14-13-16(2)19(15-18)22(26)24-20-11-7-8-12-21(20)25-32(29,30)17-9-5-4-6-10-17/h4-15,23,25H,3H2,1-2H3,(H,24,26). The molecule has 0 radical (unpaired) electrons. The SMILES string of the molecule is CCNS(=O)(=O)c1ccc(C)c(C(=O)Nc2ccccc2NS(=O)(=O)c2ccccc2)c1. The Labute approximate surface area is 187 Å². The largest absolute Gasteiger partial charge is 0.320 e. The van der Waals surface area contributed by atoms with Crippen molar-refractivity contribution in [1.29, 1.82) is 0 Å². The molecule has 0 aromatic heterocycles. The van der Waals surface area contributed by atoms with E-state index in [0.29, 0.717) is 5.56 Å². The number of carbonyl (C=O) groups excluding carboxylic acids is 1. The second-order valence-corrected chi connectivity index (χ2v) is 10.3. The molecule has 0 spiro atoms. The van der Waals surface area contributed by atoms with Crippen LogP contribution >= 0.6 is 0 Å². The van der Waals surface area contributed by atoms with Crippen molar-refractivity contribution in [2.24, 2.45) is 0 Å². The Morgan fingerprint density at radius 2 is 1.41 bits per heavy atom. The van der Waals surface area contributed by atoms with Gasteiger partial charge in [-0.2, -0.15) is 0 Å². The molecule has 0 heterocycles. The van der Waals surface area contributed by atoms with Crippen LogP contribution in [0, 0.1) is 6.92 Å². The second kappa shape index (κ2) is 9.51. The molecule has 0 unspecified atom stereocenters. The lowest BCUT2D eigenvalue weighted by Crippen LogP contribution is -2.24. The van der Waals surface area contributed by atoms with E-state index in [9.17, 15) is 21.6 Å². The van der Waals surface area contributed by atoms with E-state index < -0.39 is 26.0 Å². The lowest BCUT2D eigenvalue weighted by Gasteiger charge is -2.15. The number of carbonyl (C=O) groups is 1. The Bertz CT molecular complexity index is 1340. The number of nitrogens with one attached hydrogen (secondary N) is 3. The number of sulfonamides is 2. The lowest BCUT2D eigenvalue weighted by molar-refractivity contribution is 0.102. The van der Waals surface area contributed by atoms with E-state index in [2.05, 4.69) is 14.8 Å². The van der Waals surface area contributed by atoms with Gasteiger partial charge >= 0.3 is 0 Å². The van der Waals surface area contributed by atoms with Crippen molar-refractivity contribution < 1.29 is 21.6 Å². The maximum absolute atomic E-state index is 13.0. The summed E-state index contributed by atoms with van der Waals surface area (Å²) in [6.45, 7) is 3.56. The summed E-state index contributed by atoms with van der Waals surface area (Å²) in [6.07, 6.45) is 0. The van der Waals surface area contributed by atoms with E-state index in [-0.39, 0.29) is 33.3 Å². The number of para-hydroxylation sites is 2. The van der Waals surface area contributed by atoms with Crippen molar-refractivity contribution in [3.8, 4) is 0 Å². The quantitative estimate of drug-likeness (QED) is 0.463. The Hall–Kier alpha value is -3.21. The number of amides is 1. The first kappa shape index (κ1) is 23.5. The maximum atomic E-state index is 13.0. The fourth-order valence-corrected chi connectivity index (χ4v) is 5.13. The number of benzene rings is 3. The fraction of sp³-hybridized carbons (Fsp3) is 0.136. The first-order valence-electron chi connectivity index (χ1n) is 9.72. The Balaban J connectivity index is 1.90. The molecule has 1 amide bonds. The second-order valence-electron chi connectivity index (χ2n) is 6.90. The summed E-state index contributed by atoms with van der Waals surface area (Å²) in [5, 5.41) is 2.67. The van der Waals surface area contributed by atoms with Gasteiger partial charge in [-0.05, 0) is 48.9 Å². The molecule has 8 nitrogen and oxygen atoms in total. The summed E-state index contributed by atoms with van der Waals surface area (Å²) in [5.74, 6) is -0.567. The van der Waals surface area contributed by atoms with Crippen LogP contribution in [0.1, 0.15) is 22.8 Å². The number of aryl methyl sites for hydroxylation is 1. The third-order valence-corrected chi connectivity index (χ3v) is 7.50. The van der Waals surface area contributed by atoms with E-state index >= 15 is 0 Å². The maximum Gasteiger partial charge on any atom is 0.261 e. The topological polar surface area (TPSA) is 121 Å². The van der Waals surface area contributed by atoms with Crippen LogP contribution in [0.3, 0.4) is 0 Å². The van der Waals surface area contributed by atoms with Crippen LogP contribution in [0.15, 0.2) is 82.6 Å². The molecule has 0 atom stereocenters. The van der Waals surface area contributed by atoms with Gasteiger partial charge in [0.2, 0.25) is 10.0 Å². The van der Waals surface area contributed by atoms with Crippen molar-refractivity contribution in [3.05, 3.63) is 83.9 Å². The highest BCUT2D eigenvalue weighted by Gasteiger charge is 2.20. The molecule has 0 bridgehead atoms. The molecule has 3 rings (SSSR count). The van der Waals surface area contributed by atoms with Gasteiger partial charge in [-0.3, -0.25) is 9.52 Å². The summed E-state index contributed by atoms with van der Waals surface area (Å²) in [5.41, 5.74) is 1.14. The van der Waals surface area contributed by atoms with Gasteiger partial charge in [-0.25, -0.2) is 21.6 Å². The van der Waals surface area contributed by atoms with Gasteiger partial charge in [0.15, 0.2) is 0 Å². The minimum Gasteiger partial charge on any atom is -0.320 e.